The molecule has 5 aromatic rings. The van der Waals surface area contributed by atoms with Crippen LogP contribution in [-0.2, 0) is 5.41 Å². The van der Waals surface area contributed by atoms with E-state index < -0.39 is 5.41 Å². The fourth-order valence-electron chi connectivity index (χ4n) is 4.00. The second kappa shape index (κ2) is 12.8. The summed E-state index contributed by atoms with van der Waals surface area (Å²) in [6, 6.07) is 30.4. The van der Waals surface area contributed by atoms with E-state index in [0.717, 1.165) is 34.9 Å². The highest BCUT2D eigenvalue weighted by Gasteiger charge is 2.31. The molecule has 8 N–H and O–H groups in total. The molecule has 0 radical (unpaired) electrons. The van der Waals surface area contributed by atoms with Gasteiger partial charge in [0.1, 0.15) is 46.0 Å². The molecule has 8 nitrogen and oxygen atoms in total. The quantitative estimate of drug-likeness (QED) is 0.128. The van der Waals surface area contributed by atoms with Crippen LogP contribution in [0.3, 0.4) is 0 Å². The van der Waals surface area contributed by atoms with Gasteiger partial charge in [0.2, 0.25) is 0 Å². The number of rotatable bonds is 3. The number of phenolic OH excluding ortho intramolecular Hbond substituents is 8. The topological polar surface area (TPSA) is 162 Å². The zero-order valence-corrected chi connectivity index (χ0v) is 21.5. The van der Waals surface area contributed by atoms with E-state index in [4.69, 9.17) is 25.5 Å². The molecule has 0 spiro atoms. The summed E-state index contributed by atoms with van der Waals surface area (Å²) in [5, 5.41) is 72.7. The SMILES string of the molecule is CC(c1ccc(O)cc1)(c1cccc(O)c1)c1cccc(O)c1.Oc1cc(O)cc(O)c1.Oc1cccc(O)c1. The van der Waals surface area contributed by atoms with Crippen molar-refractivity contribution in [2.45, 2.75) is 12.3 Å². The number of aromatic hydroxyl groups is 8. The molecule has 0 bridgehead atoms. The zero-order chi connectivity index (χ0) is 29.3. The van der Waals surface area contributed by atoms with Crippen LogP contribution in [0.5, 0.6) is 46.0 Å². The summed E-state index contributed by atoms with van der Waals surface area (Å²) in [4.78, 5) is 0. The third kappa shape index (κ3) is 7.75. The molecular weight excluding hydrogens is 512 g/mol. The van der Waals surface area contributed by atoms with Crippen molar-refractivity contribution in [3.8, 4) is 46.0 Å². The summed E-state index contributed by atoms with van der Waals surface area (Å²) in [6.07, 6.45) is 0. The highest BCUT2D eigenvalue weighted by Crippen LogP contribution is 2.41. The average Bonchev–Trinajstić information content (AvgIpc) is 2.88. The first-order chi connectivity index (χ1) is 19.0. The summed E-state index contributed by atoms with van der Waals surface area (Å²) in [5.41, 5.74) is 2.17. The Kier molecular flexibility index (Phi) is 9.33. The van der Waals surface area contributed by atoms with Crippen molar-refractivity contribution in [2.24, 2.45) is 0 Å². The van der Waals surface area contributed by atoms with E-state index in [1.54, 1.807) is 54.6 Å². The second-order valence-electron chi connectivity index (χ2n) is 9.00. The first-order valence-electron chi connectivity index (χ1n) is 12.1. The normalized spacial score (nSPS) is 10.4. The maximum Gasteiger partial charge on any atom is 0.122 e. The lowest BCUT2D eigenvalue weighted by Gasteiger charge is -2.32. The van der Waals surface area contributed by atoms with Crippen molar-refractivity contribution in [3.63, 3.8) is 0 Å². The third-order valence-electron chi connectivity index (χ3n) is 6.01. The molecule has 5 aromatic carbocycles. The van der Waals surface area contributed by atoms with Gasteiger partial charge in [-0.05, 0) is 72.1 Å². The summed E-state index contributed by atoms with van der Waals surface area (Å²) < 4.78 is 0. The van der Waals surface area contributed by atoms with Gasteiger partial charge in [-0.2, -0.15) is 0 Å². The van der Waals surface area contributed by atoms with Crippen LogP contribution in [0, 0.1) is 0 Å². The molecule has 8 heteroatoms. The van der Waals surface area contributed by atoms with Gasteiger partial charge < -0.3 is 40.9 Å². The van der Waals surface area contributed by atoms with E-state index in [1.807, 2.05) is 31.2 Å². The number of benzene rings is 5. The minimum absolute atomic E-state index is 0.0880. The van der Waals surface area contributed by atoms with Crippen molar-refractivity contribution in [1.29, 1.82) is 0 Å². The molecule has 5 rings (SSSR count). The van der Waals surface area contributed by atoms with Crippen LogP contribution in [0.25, 0.3) is 0 Å². The van der Waals surface area contributed by atoms with Gasteiger partial charge in [-0.25, -0.2) is 0 Å². The van der Waals surface area contributed by atoms with Gasteiger partial charge in [-0.15, -0.1) is 0 Å². The molecule has 0 fully saturated rings. The summed E-state index contributed by atoms with van der Waals surface area (Å²) in [6.45, 7) is 2.03. The highest BCUT2D eigenvalue weighted by molar-refractivity contribution is 5.52. The van der Waals surface area contributed by atoms with E-state index >= 15 is 0 Å². The van der Waals surface area contributed by atoms with Gasteiger partial charge in [0.05, 0.1) is 0 Å². The van der Waals surface area contributed by atoms with Gasteiger partial charge in [-0.1, -0.05) is 42.5 Å². The van der Waals surface area contributed by atoms with E-state index in [9.17, 15) is 15.3 Å². The molecule has 0 aliphatic carbocycles. The first kappa shape index (κ1) is 29.1. The molecule has 0 amide bonds. The molecule has 0 aromatic heterocycles. The Bertz CT molecular complexity index is 1430. The van der Waals surface area contributed by atoms with Gasteiger partial charge in [0.15, 0.2) is 0 Å². The van der Waals surface area contributed by atoms with Crippen LogP contribution >= 0.6 is 0 Å². The fourth-order valence-corrected chi connectivity index (χ4v) is 4.00. The van der Waals surface area contributed by atoms with Crippen LogP contribution in [0.2, 0.25) is 0 Å². The third-order valence-corrected chi connectivity index (χ3v) is 6.01. The molecule has 40 heavy (non-hydrogen) atoms. The van der Waals surface area contributed by atoms with Crippen molar-refractivity contribution in [1.82, 2.24) is 0 Å². The van der Waals surface area contributed by atoms with Crippen molar-refractivity contribution in [2.75, 3.05) is 0 Å². The van der Waals surface area contributed by atoms with Gasteiger partial charge >= 0.3 is 0 Å². The Hall–Kier alpha value is -5.50. The lowest BCUT2D eigenvalue weighted by molar-refractivity contribution is 0.428. The Morgan fingerprint density at radius 3 is 0.975 bits per heavy atom. The van der Waals surface area contributed by atoms with E-state index in [1.165, 1.54) is 18.2 Å². The average molecular weight is 543 g/mol. The van der Waals surface area contributed by atoms with Crippen LogP contribution < -0.4 is 0 Å². The van der Waals surface area contributed by atoms with E-state index in [-0.39, 0.29) is 46.0 Å². The largest absolute Gasteiger partial charge is 0.508 e. The summed E-state index contributed by atoms with van der Waals surface area (Å²) in [5.74, 6) is 0.311. The lowest BCUT2D eigenvalue weighted by Crippen LogP contribution is -2.25. The molecule has 206 valence electrons. The van der Waals surface area contributed by atoms with Gasteiger partial charge in [-0.3, -0.25) is 0 Å². The summed E-state index contributed by atoms with van der Waals surface area (Å²) >= 11 is 0. The lowest BCUT2D eigenvalue weighted by atomic mass is 9.71. The zero-order valence-electron chi connectivity index (χ0n) is 21.5. The predicted octanol–water partition coefficient (Wildman–Crippen LogP) is 6.06. The Morgan fingerprint density at radius 2 is 0.650 bits per heavy atom. The van der Waals surface area contributed by atoms with E-state index in [0.29, 0.717) is 0 Å². The molecule has 0 heterocycles. The van der Waals surface area contributed by atoms with Crippen molar-refractivity contribution >= 4 is 0 Å². The molecule has 0 aliphatic heterocycles. The fraction of sp³-hybridized carbons (Fsp3) is 0.0625. The highest BCUT2D eigenvalue weighted by atomic mass is 16.3. The number of hydrogen-bond acceptors (Lipinski definition) is 8. The van der Waals surface area contributed by atoms with Crippen LogP contribution in [-0.4, -0.2) is 40.9 Å². The molecular formula is C32H30O8. The summed E-state index contributed by atoms with van der Waals surface area (Å²) in [7, 11) is 0. The van der Waals surface area contributed by atoms with Crippen LogP contribution in [0.4, 0.5) is 0 Å². The van der Waals surface area contributed by atoms with Crippen LogP contribution in [0.15, 0.2) is 115 Å². The van der Waals surface area contributed by atoms with Crippen molar-refractivity contribution < 1.29 is 40.9 Å². The molecule has 0 saturated carbocycles. The smallest absolute Gasteiger partial charge is 0.122 e. The van der Waals surface area contributed by atoms with Crippen LogP contribution in [0.1, 0.15) is 23.6 Å². The monoisotopic (exact) mass is 542 g/mol. The predicted molar refractivity (Wildman–Crippen MR) is 151 cm³/mol. The number of hydrogen-bond donors (Lipinski definition) is 8. The maximum absolute atomic E-state index is 9.88. The van der Waals surface area contributed by atoms with Crippen molar-refractivity contribution in [3.05, 3.63) is 132 Å². The molecule has 0 aliphatic rings. The standard InChI is InChI=1S/C20H18O3.C6H6O3.C6H6O2/c1-20(14-8-10-17(21)11-9-14,15-4-2-6-18(22)12-15)16-5-3-7-19(23)13-16;7-4-1-5(8)3-6(9)2-4;7-5-2-1-3-6(8)4-5/h2-13,21-23H,1H3;1-3,7-9H;1-4,7-8H. The second-order valence-corrected chi connectivity index (χ2v) is 9.00. The molecule has 0 unspecified atom stereocenters. The number of phenols is 8. The first-order valence-corrected chi connectivity index (χ1v) is 12.1. The Balaban J connectivity index is 0.000000211. The van der Waals surface area contributed by atoms with Gasteiger partial charge in [0, 0.05) is 29.7 Å². The Morgan fingerprint density at radius 1 is 0.325 bits per heavy atom. The minimum atomic E-state index is -0.578. The maximum atomic E-state index is 9.88. The Labute approximate surface area is 231 Å². The minimum Gasteiger partial charge on any atom is -0.508 e. The van der Waals surface area contributed by atoms with E-state index in [2.05, 4.69) is 0 Å². The van der Waals surface area contributed by atoms with Gasteiger partial charge in [0.25, 0.3) is 0 Å². The molecule has 0 saturated heterocycles. The molecule has 0 atom stereocenters.